The maximum atomic E-state index is 12.6. The summed E-state index contributed by atoms with van der Waals surface area (Å²) in [5.74, 6) is -1.18. The summed E-state index contributed by atoms with van der Waals surface area (Å²) < 4.78 is 5.91. The number of carbonyl (C=O) groups is 2. The van der Waals surface area contributed by atoms with Crippen molar-refractivity contribution in [2.75, 3.05) is 13.2 Å². The minimum atomic E-state index is -2.15. The number of rotatable bonds is 7. The Hall–Kier alpha value is -1.58. The number of aliphatic hydroxyl groups excluding tert-OH is 3. The lowest BCUT2D eigenvalue weighted by Gasteiger charge is -2.38. The van der Waals surface area contributed by atoms with Gasteiger partial charge in [0.25, 0.3) is 11.8 Å². The van der Waals surface area contributed by atoms with E-state index in [-0.39, 0.29) is 22.8 Å². The first-order valence-electron chi connectivity index (χ1n) is 9.00. The highest BCUT2D eigenvalue weighted by atomic mass is 28.4. The van der Waals surface area contributed by atoms with Gasteiger partial charge in [-0.25, -0.2) is 0 Å². The summed E-state index contributed by atoms with van der Waals surface area (Å²) in [6.07, 6.45) is -2.87. The van der Waals surface area contributed by atoms with E-state index in [1.54, 1.807) is 12.1 Å². The van der Waals surface area contributed by atoms with Crippen molar-refractivity contribution < 1.29 is 29.3 Å². The van der Waals surface area contributed by atoms with Crippen molar-refractivity contribution in [2.24, 2.45) is 0 Å². The number of amides is 2. The molecule has 3 N–H and O–H groups in total. The van der Waals surface area contributed by atoms with Gasteiger partial charge in [0.2, 0.25) is 0 Å². The molecule has 0 spiro atoms. The normalized spacial score (nSPS) is 18.4. The number of hydrogen-bond donors (Lipinski definition) is 3. The smallest absolute Gasteiger partial charge is 0.261 e. The lowest BCUT2D eigenvalue weighted by molar-refractivity contribution is -0.0569. The lowest BCUT2D eigenvalue weighted by atomic mass is 10.1. The number of nitrogens with zero attached hydrogens (tertiary/aromatic N) is 1. The molecule has 0 saturated heterocycles. The minimum absolute atomic E-state index is 0.0728. The van der Waals surface area contributed by atoms with E-state index in [0.29, 0.717) is 0 Å². The van der Waals surface area contributed by atoms with Crippen molar-refractivity contribution in [1.29, 1.82) is 0 Å². The highest BCUT2D eigenvalue weighted by Gasteiger charge is 2.44. The second kappa shape index (κ2) is 7.81. The molecule has 1 aliphatic rings. The summed E-state index contributed by atoms with van der Waals surface area (Å²) in [4.78, 5) is 25.9. The Bertz CT molecular complexity index is 679. The fourth-order valence-corrected chi connectivity index (χ4v) is 3.74. The number of aliphatic hydroxyl groups is 3. The number of fused-ring (bicyclic) bond motifs is 1. The van der Waals surface area contributed by atoms with Gasteiger partial charge in [-0.15, -0.1) is 0 Å². The van der Waals surface area contributed by atoms with E-state index < -0.39 is 45.0 Å². The molecule has 1 aromatic carbocycles. The Morgan fingerprint density at radius 3 is 1.96 bits per heavy atom. The zero-order chi connectivity index (χ0) is 20.6. The lowest BCUT2D eigenvalue weighted by Crippen LogP contribution is -2.55. The van der Waals surface area contributed by atoms with Gasteiger partial charge in [-0.05, 0) is 30.3 Å². The van der Waals surface area contributed by atoms with Crippen LogP contribution in [-0.4, -0.2) is 71.8 Å². The van der Waals surface area contributed by atoms with Crippen molar-refractivity contribution >= 4 is 20.1 Å². The molecule has 7 nitrogen and oxygen atoms in total. The monoisotopic (exact) mass is 395 g/mol. The van der Waals surface area contributed by atoms with E-state index >= 15 is 0 Å². The first-order chi connectivity index (χ1) is 12.4. The third-order valence-electron chi connectivity index (χ3n) is 5.55. The van der Waals surface area contributed by atoms with Crippen LogP contribution in [0.15, 0.2) is 24.3 Å². The summed E-state index contributed by atoms with van der Waals surface area (Å²) in [7, 11) is -2.15. The third-order valence-corrected chi connectivity index (χ3v) is 10.1. The molecule has 0 aromatic heterocycles. The average molecular weight is 396 g/mol. The number of imide groups is 1. The zero-order valence-electron chi connectivity index (χ0n) is 16.5. The molecule has 2 rings (SSSR count). The van der Waals surface area contributed by atoms with Gasteiger partial charge in [-0.1, -0.05) is 32.9 Å². The Kier molecular flexibility index (Phi) is 6.28. The summed E-state index contributed by atoms with van der Waals surface area (Å²) >= 11 is 0. The van der Waals surface area contributed by atoms with E-state index in [2.05, 4.69) is 20.8 Å². The molecule has 1 aliphatic heterocycles. The Morgan fingerprint density at radius 2 is 1.56 bits per heavy atom. The summed E-state index contributed by atoms with van der Waals surface area (Å²) in [6, 6.07) is 5.07. The molecular formula is C19H29NO6Si. The van der Waals surface area contributed by atoms with Gasteiger partial charge in [-0.2, -0.15) is 0 Å². The number of hydrogen-bond acceptors (Lipinski definition) is 6. The topological polar surface area (TPSA) is 107 Å². The maximum Gasteiger partial charge on any atom is 0.261 e. The molecule has 0 aliphatic carbocycles. The Morgan fingerprint density at radius 1 is 1.07 bits per heavy atom. The Balaban J connectivity index is 2.13. The van der Waals surface area contributed by atoms with Crippen molar-refractivity contribution in [3.05, 3.63) is 35.4 Å². The van der Waals surface area contributed by atoms with E-state index in [1.807, 2.05) is 13.1 Å². The number of benzene rings is 1. The third kappa shape index (κ3) is 4.14. The minimum Gasteiger partial charge on any atom is -0.414 e. The molecule has 8 heteroatoms. The van der Waals surface area contributed by atoms with Crippen LogP contribution in [0.4, 0.5) is 0 Å². The van der Waals surface area contributed by atoms with Crippen LogP contribution in [0.1, 0.15) is 41.5 Å². The van der Waals surface area contributed by atoms with Gasteiger partial charge in [0.15, 0.2) is 8.32 Å². The molecular weight excluding hydrogens is 366 g/mol. The van der Waals surface area contributed by atoms with E-state index in [0.717, 1.165) is 4.90 Å². The van der Waals surface area contributed by atoms with E-state index in [9.17, 15) is 24.9 Å². The van der Waals surface area contributed by atoms with Gasteiger partial charge in [-0.3, -0.25) is 14.5 Å². The van der Waals surface area contributed by atoms with Crippen molar-refractivity contribution in [3.8, 4) is 0 Å². The predicted octanol–water partition coefficient (Wildman–Crippen LogP) is 1.39. The second-order valence-corrected chi connectivity index (χ2v) is 13.2. The molecule has 1 heterocycles. The van der Waals surface area contributed by atoms with Crippen LogP contribution >= 0.6 is 0 Å². The fourth-order valence-electron chi connectivity index (χ4n) is 2.72. The highest BCUT2D eigenvalue weighted by molar-refractivity contribution is 6.74. The molecule has 0 fully saturated rings. The van der Waals surface area contributed by atoms with Crippen LogP contribution in [0.2, 0.25) is 18.1 Å². The van der Waals surface area contributed by atoms with Crippen molar-refractivity contribution in [3.63, 3.8) is 0 Å². The average Bonchev–Trinajstić information content (AvgIpc) is 2.85. The molecule has 0 saturated carbocycles. The van der Waals surface area contributed by atoms with Gasteiger partial charge < -0.3 is 19.7 Å². The van der Waals surface area contributed by atoms with Crippen molar-refractivity contribution in [2.45, 2.75) is 57.2 Å². The molecule has 1 aromatic rings. The quantitative estimate of drug-likeness (QED) is 0.476. The van der Waals surface area contributed by atoms with E-state index in [1.165, 1.54) is 12.1 Å². The SMILES string of the molecule is CC(C)(C)[Si](C)(C)OC[C@H](O)[C@@H](O)[C@@H](CO)N1C(=O)c2ccccc2C1=O. The standard InChI is InChI=1S/C19H29NO6Si/c1-19(2,3)27(4,5)26-11-15(22)16(23)14(10-21)20-17(24)12-8-6-7-9-13(12)18(20)25/h6-9,14-16,21-23H,10-11H2,1-5H3/t14-,15+,16+/m1/s1. The first-order valence-corrected chi connectivity index (χ1v) is 11.9. The molecule has 0 radical (unpaired) electrons. The largest absolute Gasteiger partial charge is 0.414 e. The summed E-state index contributed by atoms with van der Waals surface area (Å²) in [6.45, 7) is 9.38. The molecule has 3 atom stereocenters. The fraction of sp³-hybridized carbons (Fsp3) is 0.579. The zero-order valence-corrected chi connectivity index (χ0v) is 17.5. The maximum absolute atomic E-state index is 12.6. The molecule has 2 amide bonds. The molecule has 150 valence electrons. The Labute approximate surface area is 160 Å². The van der Waals surface area contributed by atoms with Crippen LogP contribution in [0.3, 0.4) is 0 Å². The van der Waals surface area contributed by atoms with Gasteiger partial charge >= 0.3 is 0 Å². The summed E-state index contributed by atoms with van der Waals surface area (Å²) in [5, 5.41) is 30.6. The van der Waals surface area contributed by atoms with E-state index in [4.69, 9.17) is 4.43 Å². The van der Waals surface area contributed by atoms with Crippen LogP contribution in [0.5, 0.6) is 0 Å². The van der Waals surface area contributed by atoms with Crippen LogP contribution in [0, 0.1) is 0 Å². The highest BCUT2D eigenvalue weighted by Crippen LogP contribution is 2.36. The van der Waals surface area contributed by atoms with Crippen LogP contribution in [-0.2, 0) is 4.43 Å². The number of carbonyl (C=O) groups excluding carboxylic acids is 2. The van der Waals surface area contributed by atoms with Gasteiger partial charge in [0.1, 0.15) is 12.2 Å². The molecule has 0 unspecified atom stereocenters. The molecule has 27 heavy (non-hydrogen) atoms. The van der Waals surface area contributed by atoms with Gasteiger partial charge in [0.05, 0.1) is 30.4 Å². The molecule has 0 bridgehead atoms. The second-order valence-electron chi connectivity index (χ2n) is 8.41. The van der Waals surface area contributed by atoms with Gasteiger partial charge in [0, 0.05) is 0 Å². The van der Waals surface area contributed by atoms with Crippen LogP contribution in [0.25, 0.3) is 0 Å². The summed E-state index contributed by atoms with van der Waals surface area (Å²) in [5.41, 5.74) is 0.445. The predicted molar refractivity (Wildman–Crippen MR) is 103 cm³/mol. The van der Waals surface area contributed by atoms with Crippen molar-refractivity contribution in [1.82, 2.24) is 4.90 Å². The van der Waals surface area contributed by atoms with Crippen LogP contribution < -0.4 is 0 Å². The first kappa shape index (κ1) is 21.7.